The summed E-state index contributed by atoms with van der Waals surface area (Å²) in [6.07, 6.45) is 4.31. The highest BCUT2D eigenvalue weighted by molar-refractivity contribution is 5.55. The third kappa shape index (κ3) is 4.01. The summed E-state index contributed by atoms with van der Waals surface area (Å²) in [6.45, 7) is 8.06. The Labute approximate surface area is 138 Å². The van der Waals surface area contributed by atoms with Gasteiger partial charge in [-0.2, -0.15) is 0 Å². The second-order valence-electron chi connectivity index (χ2n) is 6.27. The van der Waals surface area contributed by atoms with Gasteiger partial charge in [-0.15, -0.1) is 0 Å². The second-order valence-corrected chi connectivity index (χ2v) is 6.27. The summed E-state index contributed by atoms with van der Waals surface area (Å²) < 4.78 is 11.6. The lowest BCUT2D eigenvalue weighted by atomic mass is 9.97. The van der Waals surface area contributed by atoms with E-state index in [2.05, 4.69) is 23.7 Å². The first-order chi connectivity index (χ1) is 11.3. The molecule has 0 unspecified atom stereocenters. The molecule has 2 heterocycles. The molecule has 0 spiro atoms. The summed E-state index contributed by atoms with van der Waals surface area (Å²) in [5.74, 6) is 2.27. The zero-order valence-electron chi connectivity index (χ0n) is 14.1. The minimum Gasteiger partial charge on any atom is -0.439 e. The van der Waals surface area contributed by atoms with Crippen molar-refractivity contribution in [3.05, 3.63) is 42.4 Å². The first-order valence-electron chi connectivity index (χ1n) is 8.61. The molecule has 2 aromatic rings. The maximum absolute atomic E-state index is 6.02. The van der Waals surface area contributed by atoms with Gasteiger partial charge in [-0.3, -0.25) is 4.90 Å². The smallest absolute Gasteiger partial charge is 0.211 e. The number of likely N-dealkylation sites (tertiary alicyclic amines) is 1. The quantitative estimate of drug-likeness (QED) is 0.803. The Morgan fingerprint density at radius 1 is 1.35 bits per heavy atom. The minimum atomic E-state index is 0.205. The van der Waals surface area contributed by atoms with E-state index in [1.807, 2.05) is 36.5 Å². The Hall–Kier alpha value is -1.65. The fraction of sp³-hybridized carbons (Fsp3) is 0.526. The summed E-state index contributed by atoms with van der Waals surface area (Å²) >= 11 is 0. The van der Waals surface area contributed by atoms with Crippen LogP contribution in [0.3, 0.4) is 0 Å². The Morgan fingerprint density at radius 3 is 2.96 bits per heavy atom. The van der Waals surface area contributed by atoms with Crippen LogP contribution in [0.4, 0.5) is 0 Å². The number of ether oxygens (including phenoxy) is 1. The van der Waals surface area contributed by atoms with Crippen molar-refractivity contribution in [2.75, 3.05) is 26.3 Å². The van der Waals surface area contributed by atoms with Crippen LogP contribution in [0.25, 0.3) is 11.3 Å². The molecule has 0 amide bonds. The average Bonchev–Trinajstić information content (AvgIpc) is 3.10. The standard InChI is InChI=1S/C19H26N2O2/c1-3-22-14-16-8-7-11-21(13-16)15(2)19-20-12-18(23-19)17-9-5-4-6-10-17/h4-6,9-10,12,15-16H,3,7-8,11,13-14H2,1-2H3/t15-,16+/m0/s1. The molecule has 1 fully saturated rings. The van der Waals surface area contributed by atoms with Gasteiger partial charge < -0.3 is 9.15 Å². The van der Waals surface area contributed by atoms with Gasteiger partial charge in [0.05, 0.1) is 18.8 Å². The van der Waals surface area contributed by atoms with Crippen LogP contribution >= 0.6 is 0 Å². The first kappa shape index (κ1) is 16.2. The van der Waals surface area contributed by atoms with E-state index in [0.717, 1.165) is 43.5 Å². The Kier molecular flexibility index (Phi) is 5.47. The fourth-order valence-corrected chi connectivity index (χ4v) is 3.24. The maximum Gasteiger partial charge on any atom is 0.211 e. The summed E-state index contributed by atoms with van der Waals surface area (Å²) in [5.41, 5.74) is 1.08. The van der Waals surface area contributed by atoms with Crippen LogP contribution < -0.4 is 0 Å². The SMILES string of the molecule is CCOC[C@@H]1CCCN([C@@H](C)c2ncc(-c3ccccc3)o2)C1. The molecule has 4 heteroatoms. The molecule has 0 N–H and O–H groups in total. The number of benzene rings is 1. The highest BCUT2D eigenvalue weighted by Gasteiger charge is 2.27. The fourth-order valence-electron chi connectivity index (χ4n) is 3.24. The molecule has 1 aromatic carbocycles. The molecule has 124 valence electrons. The van der Waals surface area contributed by atoms with Gasteiger partial charge in [-0.05, 0) is 39.2 Å². The first-order valence-corrected chi connectivity index (χ1v) is 8.61. The summed E-state index contributed by atoms with van der Waals surface area (Å²) in [6, 6.07) is 10.3. The normalized spacial score (nSPS) is 20.5. The van der Waals surface area contributed by atoms with Crippen LogP contribution in [0.1, 0.15) is 38.6 Å². The monoisotopic (exact) mass is 314 g/mol. The van der Waals surface area contributed by atoms with Crippen LogP contribution in [-0.4, -0.2) is 36.2 Å². The molecule has 1 aliphatic heterocycles. The van der Waals surface area contributed by atoms with Crippen LogP contribution in [0.2, 0.25) is 0 Å². The van der Waals surface area contributed by atoms with Gasteiger partial charge in [-0.25, -0.2) is 4.98 Å². The Bertz CT molecular complexity index is 596. The van der Waals surface area contributed by atoms with Crippen molar-refractivity contribution in [2.45, 2.75) is 32.7 Å². The number of hydrogen-bond donors (Lipinski definition) is 0. The molecule has 1 saturated heterocycles. The molecule has 0 aliphatic carbocycles. The molecule has 1 aromatic heterocycles. The van der Waals surface area contributed by atoms with Crippen LogP contribution in [0, 0.1) is 5.92 Å². The minimum absolute atomic E-state index is 0.205. The van der Waals surface area contributed by atoms with Crippen molar-refractivity contribution in [3.63, 3.8) is 0 Å². The van der Waals surface area contributed by atoms with Crippen LogP contribution in [0.5, 0.6) is 0 Å². The second kappa shape index (κ2) is 7.75. The van der Waals surface area contributed by atoms with E-state index >= 15 is 0 Å². The molecule has 3 rings (SSSR count). The molecule has 0 saturated carbocycles. The highest BCUT2D eigenvalue weighted by atomic mass is 16.5. The van der Waals surface area contributed by atoms with E-state index in [9.17, 15) is 0 Å². The van der Waals surface area contributed by atoms with Crippen molar-refractivity contribution in [2.24, 2.45) is 5.92 Å². The number of aromatic nitrogens is 1. The summed E-state index contributed by atoms with van der Waals surface area (Å²) in [4.78, 5) is 6.98. The zero-order valence-corrected chi connectivity index (χ0v) is 14.1. The van der Waals surface area contributed by atoms with Gasteiger partial charge in [0.2, 0.25) is 5.89 Å². The third-order valence-corrected chi connectivity index (χ3v) is 4.60. The van der Waals surface area contributed by atoms with E-state index < -0.39 is 0 Å². The Balaban J connectivity index is 1.66. The molecule has 23 heavy (non-hydrogen) atoms. The van der Waals surface area contributed by atoms with Gasteiger partial charge in [0, 0.05) is 18.7 Å². The number of oxazole rings is 1. The summed E-state index contributed by atoms with van der Waals surface area (Å²) in [7, 11) is 0. The third-order valence-electron chi connectivity index (χ3n) is 4.60. The maximum atomic E-state index is 6.02. The topological polar surface area (TPSA) is 38.5 Å². The lowest BCUT2D eigenvalue weighted by Gasteiger charge is -2.35. The van der Waals surface area contributed by atoms with Gasteiger partial charge in [0.25, 0.3) is 0 Å². The molecular weight excluding hydrogens is 288 g/mol. The number of piperidine rings is 1. The predicted molar refractivity (Wildman–Crippen MR) is 91.1 cm³/mol. The largest absolute Gasteiger partial charge is 0.439 e. The van der Waals surface area contributed by atoms with Crippen LogP contribution in [-0.2, 0) is 4.74 Å². The average molecular weight is 314 g/mol. The van der Waals surface area contributed by atoms with Crippen molar-refractivity contribution in [1.29, 1.82) is 0 Å². The molecular formula is C19H26N2O2. The van der Waals surface area contributed by atoms with E-state index in [0.29, 0.717) is 5.92 Å². The number of nitrogens with zero attached hydrogens (tertiary/aromatic N) is 2. The lowest BCUT2D eigenvalue weighted by Crippen LogP contribution is -2.38. The van der Waals surface area contributed by atoms with Crippen molar-refractivity contribution < 1.29 is 9.15 Å². The lowest BCUT2D eigenvalue weighted by molar-refractivity contribution is 0.0489. The highest BCUT2D eigenvalue weighted by Crippen LogP contribution is 2.29. The van der Waals surface area contributed by atoms with Gasteiger partial charge >= 0.3 is 0 Å². The molecule has 0 radical (unpaired) electrons. The van der Waals surface area contributed by atoms with Crippen molar-refractivity contribution in [3.8, 4) is 11.3 Å². The molecule has 2 atom stereocenters. The van der Waals surface area contributed by atoms with E-state index in [1.54, 1.807) is 0 Å². The molecule has 1 aliphatic rings. The van der Waals surface area contributed by atoms with Crippen molar-refractivity contribution >= 4 is 0 Å². The van der Waals surface area contributed by atoms with E-state index in [-0.39, 0.29) is 6.04 Å². The van der Waals surface area contributed by atoms with Gasteiger partial charge in [0.1, 0.15) is 0 Å². The summed E-state index contributed by atoms with van der Waals surface area (Å²) in [5, 5.41) is 0. The number of rotatable bonds is 6. The van der Waals surface area contributed by atoms with Crippen molar-refractivity contribution in [1.82, 2.24) is 9.88 Å². The zero-order chi connectivity index (χ0) is 16.1. The predicted octanol–water partition coefficient (Wildman–Crippen LogP) is 4.15. The molecule has 0 bridgehead atoms. The van der Waals surface area contributed by atoms with Gasteiger partial charge in [-0.1, -0.05) is 30.3 Å². The van der Waals surface area contributed by atoms with E-state index in [4.69, 9.17) is 9.15 Å². The molecule has 4 nitrogen and oxygen atoms in total. The Morgan fingerprint density at radius 2 is 2.17 bits per heavy atom. The van der Waals surface area contributed by atoms with E-state index in [1.165, 1.54) is 12.8 Å². The number of hydrogen-bond acceptors (Lipinski definition) is 4. The van der Waals surface area contributed by atoms with Crippen LogP contribution in [0.15, 0.2) is 40.9 Å². The van der Waals surface area contributed by atoms with Gasteiger partial charge in [0.15, 0.2) is 5.76 Å².